The van der Waals surface area contributed by atoms with Gasteiger partial charge in [-0.3, -0.25) is 4.79 Å². The molecule has 0 aliphatic rings. The summed E-state index contributed by atoms with van der Waals surface area (Å²) < 4.78 is 21.2. The molecule has 158 valence electrons. The van der Waals surface area contributed by atoms with Crippen LogP contribution in [0.1, 0.15) is 0 Å². The summed E-state index contributed by atoms with van der Waals surface area (Å²) in [5.41, 5.74) is 1.23. The van der Waals surface area contributed by atoms with E-state index >= 15 is 0 Å². The number of hydrogen-bond donors (Lipinski definition) is 1. The van der Waals surface area contributed by atoms with Gasteiger partial charge >= 0.3 is 5.69 Å². The zero-order valence-corrected chi connectivity index (χ0v) is 16.5. The van der Waals surface area contributed by atoms with E-state index in [0.29, 0.717) is 16.8 Å². The third-order valence-electron chi connectivity index (χ3n) is 4.70. The molecule has 0 aliphatic carbocycles. The summed E-state index contributed by atoms with van der Waals surface area (Å²) in [6.45, 7) is -0.271. The Morgan fingerprint density at radius 2 is 1.91 bits per heavy atom. The highest BCUT2D eigenvalue weighted by Crippen LogP contribution is 2.24. The van der Waals surface area contributed by atoms with Gasteiger partial charge in [-0.05, 0) is 36.4 Å². The number of pyridine rings is 1. The predicted octanol–water partition coefficient (Wildman–Crippen LogP) is 2.99. The van der Waals surface area contributed by atoms with Gasteiger partial charge in [0, 0.05) is 17.4 Å². The van der Waals surface area contributed by atoms with Crippen LogP contribution >= 0.6 is 0 Å². The van der Waals surface area contributed by atoms with Gasteiger partial charge in [-0.1, -0.05) is 35.5 Å². The first kappa shape index (κ1) is 19.4. The first-order valence-electron chi connectivity index (χ1n) is 9.61. The monoisotopic (exact) mass is 430 g/mol. The number of rotatable bonds is 5. The molecule has 0 unspecified atom stereocenters. The van der Waals surface area contributed by atoms with Gasteiger partial charge in [0.15, 0.2) is 5.65 Å². The third kappa shape index (κ3) is 3.65. The van der Waals surface area contributed by atoms with E-state index in [1.807, 2.05) is 6.07 Å². The summed E-state index contributed by atoms with van der Waals surface area (Å²) >= 11 is 0. The quantitative estimate of drug-likeness (QED) is 0.459. The second-order valence-electron chi connectivity index (χ2n) is 6.90. The molecule has 0 bridgehead atoms. The van der Waals surface area contributed by atoms with Crippen molar-refractivity contribution in [2.24, 2.45) is 0 Å². The number of anilines is 1. The number of para-hydroxylation sites is 1. The largest absolute Gasteiger partial charge is 0.350 e. The van der Waals surface area contributed by atoms with E-state index in [9.17, 15) is 14.0 Å². The zero-order chi connectivity index (χ0) is 22.1. The fourth-order valence-corrected chi connectivity index (χ4v) is 3.24. The molecular weight excluding hydrogens is 415 g/mol. The SMILES string of the molecule is O=C(Cn1nc2c(-c3nc(-c4cccc(F)c4)no3)cccn2c1=O)Nc1ccccc1. The minimum Gasteiger partial charge on any atom is -0.333 e. The second kappa shape index (κ2) is 7.91. The Kier molecular flexibility index (Phi) is 4.79. The Balaban J connectivity index is 1.47. The molecule has 0 fully saturated rings. The third-order valence-corrected chi connectivity index (χ3v) is 4.70. The van der Waals surface area contributed by atoms with Gasteiger partial charge in [-0.25, -0.2) is 18.3 Å². The van der Waals surface area contributed by atoms with Crippen LogP contribution in [0.25, 0.3) is 28.5 Å². The fraction of sp³-hybridized carbons (Fsp3) is 0.0455. The van der Waals surface area contributed by atoms with E-state index in [-0.39, 0.29) is 23.9 Å². The molecular formula is C22H15FN6O3. The van der Waals surface area contributed by atoms with Crippen LogP contribution in [0, 0.1) is 5.82 Å². The molecule has 0 radical (unpaired) electrons. The van der Waals surface area contributed by atoms with Gasteiger partial charge in [0.1, 0.15) is 12.4 Å². The molecule has 0 saturated heterocycles. The highest BCUT2D eigenvalue weighted by atomic mass is 19.1. The Morgan fingerprint density at radius 3 is 2.72 bits per heavy atom. The van der Waals surface area contributed by atoms with Crippen LogP contribution in [0.4, 0.5) is 10.1 Å². The van der Waals surface area contributed by atoms with Crippen molar-refractivity contribution in [1.29, 1.82) is 0 Å². The number of carbonyl (C=O) groups is 1. The van der Waals surface area contributed by atoms with Crippen LogP contribution < -0.4 is 11.0 Å². The Morgan fingerprint density at radius 1 is 1.06 bits per heavy atom. The molecule has 2 aromatic carbocycles. The lowest BCUT2D eigenvalue weighted by Gasteiger charge is -2.03. The standard InChI is InChI=1S/C22H15FN6O3/c23-15-7-4-6-14(12-15)19-25-21(32-27-19)17-10-5-11-28-20(17)26-29(22(28)31)13-18(30)24-16-8-2-1-3-9-16/h1-12H,13H2,(H,24,30). The Bertz CT molecular complexity index is 1490. The van der Waals surface area contributed by atoms with Crippen molar-refractivity contribution in [3.63, 3.8) is 0 Å². The van der Waals surface area contributed by atoms with Crippen molar-refractivity contribution in [3.8, 4) is 22.8 Å². The molecule has 0 spiro atoms. The average molecular weight is 430 g/mol. The van der Waals surface area contributed by atoms with Gasteiger partial charge in [0.05, 0.1) is 5.56 Å². The van der Waals surface area contributed by atoms with Gasteiger partial charge in [0.2, 0.25) is 11.7 Å². The molecule has 5 rings (SSSR count). The van der Waals surface area contributed by atoms with Crippen LogP contribution in [0.3, 0.4) is 0 Å². The van der Waals surface area contributed by atoms with E-state index < -0.39 is 17.4 Å². The number of nitrogens with zero attached hydrogens (tertiary/aromatic N) is 5. The van der Waals surface area contributed by atoms with E-state index in [1.54, 1.807) is 48.5 Å². The number of nitrogens with one attached hydrogen (secondary N) is 1. The summed E-state index contributed by atoms with van der Waals surface area (Å²) in [6.07, 6.45) is 1.53. The highest BCUT2D eigenvalue weighted by Gasteiger charge is 2.18. The average Bonchev–Trinajstić information content (AvgIpc) is 3.40. The van der Waals surface area contributed by atoms with E-state index in [1.165, 1.54) is 22.7 Å². The maximum atomic E-state index is 13.5. The van der Waals surface area contributed by atoms with Crippen LogP contribution in [-0.2, 0) is 11.3 Å². The molecule has 1 N–H and O–H groups in total. The van der Waals surface area contributed by atoms with E-state index in [4.69, 9.17) is 4.52 Å². The molecule has 0 aliphatic heterocycles. The maximum Gasteiger partial charge on any atom is 0.350 e. The molecule has 3 heterocycles. The maximum absolute atomic E-state index is 13.5. The van der Waals surface area contributed by atoms with Gasteiger partial charge < -0.3 is 9.84 Å². The minimum atomic E-state index is -0.491. The Hall–Kier alpha value is -4.60. The zero-order valence-electron chi connectivity index (χ0n) is 16.5. The van der Waals surface area contributed by atoms with Crippen LogP contribution in [-0.4, -0.2) is 30.2 Å². The number of aromatic nitrogens is 5. The second-order valence-corrected chi connectivity index (χ2v) is 6.90. The molecule has 0 saturated carbocycles. The fourth-order valence-electron chi connectivity index (χ4n) is 3.24. The van der Waals surface area contributed by atoms with E-state index in [0.717, 1.165) is 4.68 Å². The van der Waals surface area contributed by atoms with Gasteiger partial charge in [-0.15, -0.1) is 5.10 Å². The van der Waals surface area contributed by atoms with Crippen LogP contribution in [0.2, 0.25) is 0 Å². The van der Waals surface area contributed by atoms with Gasteiger partial charge in [0.25, 0.3) is 5.89 Å². The lowest BCUT2D eigenvalue weighted by Crippen LogP contribution is -2.28. The highest BCUT2D eigenvalue weighted by molar-refractivity contribution is 5.90. The van der Waals surface area contributed by atoms with Crippen molar-refractivity contribution in [2.45, 2.75) is 6.54 Å². The molecule has 5 aromatic rings. The molecule has 32 heavy (non-hydrogen) atoms. The molecule has 0 atom stereocenters. The molecule has 10 heteroatoms. The van der Waals surface area contributed by atoms with Crippen LogP contribution in [0.15, 0.2) is 82.2 Å². The minimum absolute atomic E-state index is 0.112. The molecule has 9 nitrogen and oxygen atoms in total. The summed E-state index contributed by atoms with van der Waals surface area (Å²) in [4.78, 5) is 29.4. The lowest BCUT2D eigenvalue weighted by atomic mass is 10.2. The summed E-state index contributed by atoms with van der Waals surface area (Å²) in [5, 5.41) is 10.9. The lowest BCUT2D eigenvalue weighted by molar-refractivity contribution is -0.117. The Labute approximate surface area is 179 Å². The summed E-state index contributed by atoms with van der Waals surface area (Å²) in [7, 11) is 0. The van der Waals surface area contributed by atoms with Crippen molar-refractivity contribution < 1.29 is 13.7 Å². The van der Waals surface area contributed by atoms with Crippen molar-refractivity contribution in [2.75, 3.05) is 5.32 Å². The molecule has 3 aromatic heterocycles. The first-order chi connectivity index (χ1) is 15.6. The topological polar surface area (TPSA) is 107 Å². The normalized spacial score (nSPS) is 11.0. The smallest absolute Gasteiger partial charge is 0.333 e. The number of benzene rings is 2. The number of hydrogen-bond acceptors (Lipinski definition) is 6. The number of amides is 1. The summed E-state index contributed by atoms with van der Waals surface area (Å²) in [5.74, 6) is -0.504. The van der Waals surface area contributed by atoms with E-state index in [2.05, 4.69) is 20.6 Å². The van der Waals surface area contributed by atoms with Crippen molar-refractivity contribution >= 4 is 17.2 Å². The summed E-state index contributed by atoms with van der Waals surface area (Å²) in [6, 6.07) is 18.0. The number of carbonyl (C=O) groups excluding carboxylic acids is 1. The predicted molar refractivity (Wildman–Crippen MR) is 113 cm³/mol. The van der Waals surface area contributed by atoms with Gasteiger partial charge in [-0.2, -0.15) is 4.98 Å². The number of halogens is 1. The first-order valence-corrected chi connectivity index (χ1v) is 9.61. The van der Waals surface area contributed by atoms with Crippen LogP contribution in [0.5, 0.6) is 0 Å². The van der Waals surface area contributed by atoms with Crippen molar-refractivity contribution in [1.82, 2.24) is 24.3 Å². The number of fused-ring (bicyclic) bond motifs is 1. The molecule has 1 amide bonds. The van der Waals surface area contributed by atoms with Crippen molar-refractivity contribution in [3.05, 3.63) is 89.2 Å².